The van der Waals surface area contributed by atoms with Crippen LogP contribution in [-0.2, 0) is 29.2 Å². The second-order valence-corrected chi connectivity index (χ2v) is 10.2. The molecule has 0 bridgehead atoms. The van der Waals surface area contributed by atoms with E-state index in [0.717, 1.165) is 0 Å². The normalized spacial score (nSPS) is 16.5. The number of benzene rings is 2. The van der Waals surface area contributed by atoms with Crippen molar-refractivity contribution in [2.75, 3.05) is 12.3 Å². The molecule has 2 aromatic carbocycles. The molecule has 4 aromatic rings. The zero-order valence-corrected chi connectivity index (χ0v) is 22.8. The number of carbonyl (C=O) groups is 3. The molecular formula is C28H26ClF2N7O4. The van der Waals surface area contributed by atoms with Crippen molar-refractivity contribution in [2.24, 2.45) is 0 Å². The minimum atomic E-state index is -1.41. The van der Waals surface area contributed by atoms with Gasteiger partial charge in [-0.15, -0.1) is 0 Å². The monoisotopic (exact) mass is 597 g/mol. The van der Waals surface area contributed by atoms with Crippen molar-refractivity contribution in [2.45, 2.75) is 38.3 Å². The van der Waals surface area contributed by atoms with Gasteiger partial charge >= 0.3 is 6.09 Å². The predicted octanol–water partition coefficient (Wildman–Crippen LogP) is 3.50. The number of carbonyl (C=O) groups excluding carboxylic acids is 2. The van der Waals surface area contributed by atoms with E-state index in [0.29, 0.717) is 27.7 Å². The molecule has 0 aliphatic carbocycles. The van der Waals surface area contributed by atoms with Crippen LogP contribution >= 0.6 is 11.6 Å². The number of hydrogen-bond acceptors (Lipinski definition) is 6. The fraction of sp³-hybridized carbons (Fsp3) is 0.250. The van der Waals surface area contributed by atoms with Gasteiger partial charge in [-0.25, -0.2) is 23.5 Å². The third kappa shape index (κ3) is 5.96. The maximum atomic E-state index is 14.5. The number of carboxylic acid groups (broad SMARTS) is 1. The molecule has 5 N–H and O–H groups in total. The van der Waals surface area contributed by atoms with E-state index < -0.39 is 35.9 Å². The number of alkyl halides is 1. The summed E-state index contributed by atoms with van der Waals surface area (Å²) < 4.78 is 30.3. The number of nitrogens with two attached hydrogens (primary N) is 1. The standard InChI is InChI=1S/C28H26ClF2N7O4/c29-20-6-2-5-17(24(20)31)10-33-27(40)21-8-18(30)11-38(21)22(39)13-37-12-19(23-25(32)35-14-36-26(23)37)16-4-1-3-15(7-16)9-34-28(41)42/h1-7,12,14,18,21,34H,8-11,13H2,(H,33,40)(H,41,42)(H2,32,35,36)/t18-,21+/m1/s1. The zero-order valence-electron chi connectivity index (χ0n) is 22.1. The quantitative estimate of drug-likeness (QED) is 0.242. The summed E-state index contributed by atoms with van der Waals surface area (Å²) in [5, 5.41) is 14.2. The van der Waals surface area contributed by atoms with E-state index in [-0.39, 0.29) is 49.0 Å². The van der Waals surface area contributed by atoms with Crippen LogP contribution in [0.3, 0.4) is 0 Å². The Morgan fingerprint density at radius 3 is 2.69 bits per heavy atom. The summed E-state index contributed by atoms with van der Waals surface area (Å²) in [7, 11) is 0. The van der Waals surface area contributed by atoms with Crippen LogP contribution in [0.15, 0.2) is 55.0 Å². The molecule has 14 heteroatoms. The Labute approximate surface area is 243 Å². The van der Waals surface area contributed by atoms with Crippen LogP contribution in [0.5, 0.6) is 0 Å². The Hall–Kier alpha value is -4.78. The Morgan fingerprint density at radius 2 is 1.90 bits per heavy atom. The SMILES string of the molecule is Nc1ncnc2c1c(-c1cccc(CNC(=O)O)c1)cn2CC(=O)N1C[C@H](F)C[C@H]1C(=O)NCc1cccc(Cl)c1F. The van der Waals surface area contributed by atoms with Crippen LogP contribution in [-0.4, -0.2) is 61.2 Å². The molecule has 1 saturated heterocycles. The Kier molecular flexibility index (Phi) is 8.20. The zero-order chi connectivity index (χ0) is 30.0. The van der Waals surface area contributed by atoms with E-state index in [1.807, 2.05) is 0 Å². The Morgan fingerprint density at radius 1 is 1.12 bits per heavy atom. The number of aromatic nitrogens is 3. The fourth-order valence-corrected chi connectivity index (χ4v) is 5.24. The number of nitrogens with zero attached hydrogens (tertiary/aromatic N) is 4. The molecule has 1 aliphatic rings. The van der Waals surface area contributed by atoms with Gasteiger partial charge in [0.2, 0.25) is 11.8 Å². The molecule has 1 aliphatic heterocycles. The van der Waals surface area contributed by atoms with Crippen molar-refractivity contribution in [1.29, 1.82) is 0 Å². The molecule has 0 saturated carbocycles. The second kappa shape index (κ2) is 12.0. The molecule has 11 nitrogen and oxygen atoms in total. The third-order valence-corrected chi connectivity index (χ3v) is 7.32. The number of amides is 3. The first-order valence-corrected chi connectivity index (χ1v) is 13.3. The molecular weight excluding hydrogens is 572 g/mol. The van der Waals surface area contributed by atoms with Gasteiger partial charge in [0.05, 0.1) is 17.0 Å². The molecule has 0 spiro atoms. The largest absolute Gasteiger partial charge is 0.465 e. The number of hydrogen-bond donors (Lipinski definition) is 4. The van der Waals surface area contributed by atoms with E-state index in [4.69, 9.17) is 22.4 Å². The maximum Gasteiger partial charge on any atom is 0.404 e. The van der Waals surface area contributed by atoms with Gasteiger partial charge in [0.1, 0.15) is 42.4 Å². The Balaban J connectivity index is 1.38. The summed E-state index contributed by atoms with van der Waals surface area (Å²) in [5.41, 5.74) is 8.70. The average Bonchev–Trinajstić information content (AvgIpc) is 3.54. The van der Waals surface area contributed by atoms with Gasteiger partial charge in [0.15, 0.2) is 0 Å². The highest BCUT2D eigenvalue weighted by atomic mass is 35.5. The number of halogens is 3. The lowest BCUT2D eigenvalue weighted by molar-refractivity contribution is -0.139. The van der Waals surface area contributed by atoms with E-state index in [1.165, 1.54) is 23.4 Å². The molecule has 3 heterocycles. The smallest absolute Gasteiger partial charge is 0.404 e. The van der Waals surface area contributed by atoms with E-state index in [2.05, 4.69) is 20.6 Å². The minimum Gasteiger partial charge on any atom is -0.465 e. The number of nitrogens with one attached hydrogen (secondary N) is 2. The minimum absolute atomic E-state index is 0.0824. The summed E-state index contributed by atoms with van der Waals surface area (Å²) in [4.78, 5) is 46.9. The highest BCUT2D eigenvalue weighted by Gasteiger charge is 2.40. The lowest BCUT2D eigenvalue weighted by Crippen LogP contribution is -2.46. The van der Waals surface area contributed by atoms with Gasteiger partial charge in [0, 0.05) is 36.8 Å². The molecule has 3 amide bonds. The summed E-state index contributed by atoms with van der Waals surface area (Å²) >= 11 is 5.81. The average molecular weight is 598 g/mol. The van der Waals surface area contributed by atoms with E-state index in [9.17, 15) is 23.2 Å². The lowest BCUT2D eigenvalue weighted by Gasteiger charge is -2.24. The molecule has 2 atom stereocenters. The van der Waals surface area contributed by atoms with Crippen molar-refractivity contribution in [3.63, 3.8) is 0 Å². The van der Waals surface area contributed by atoms with Crippen LogP contribution in [0.2, 0.25) is 5.02 Å². The van der Waals surface area contributed by atoms with Gasteiger partial charge in [-0.3, -0.25) is 9.59 Å². The summed E-state index contributed by atoms with van der Waals surface area (Å²) in [6, 6.07) is 10.4. The Bertz CT molecular complexity index is 1680. The highest BCUT2D eigenvalue weighted by molar-refractivity contribution is 6.30. The summed E-state index contributed by atoms with van der Waals surface area (Å²) in [5.74, 6) is -1.63. The molecule has 218 valence electrons. The number of anilines is 1. The molecule has 1 fully saturated rings. The van der Waals surface area contributed by atoms with Gasteiger partial charge < -0.3 is 30.9 Å². The van der Waals surface area contributed by atoms with Gasteiger partial charge in [-0.2, -0.15) is 0 Å². The van der Waals surface area contributed by atoms with Crippen molar-refractivity contribution in [1.82, 2.24) is 30.1 Å². The first-order valence-electron chi connectivity index (χ1n) is 12.9. The fourth-order valence-electron chi connectivity index (χ4n) is 5.04. The van der Waals surface area contributed by atoms with Gasteiger partial charge in [-0.05, 0) is 23.3 Å². The molecule has 0 unspecified atom stereocenters. The van der Waals surface area contributed by atoms with E-state index in [1.54, 1.807) is 41.1 Å². The summed E-state index contributed by atoms with van der Waals surface area (Å²) in [6.07, 6.45) is 0.157. The number of nitrogen functional groups attached to an aromatic ring is 1. The van der Waals surface area contributed by atoms with Crippen LogP contribution in [0, 0.1) is 5.82 Å². The third-order valence-electron chi connectivity index (χ3n) is 7.03. The van der Waals surface area contributed by atoms with Crippen molar-refractivity contribution in [3.05, 3.63) is 77.0 Å². The van der Waals surface area contributed by atoms with Gasteiger partial charge in [0.25, 0.3) is 0 Å². The van der Waals surface area contributed by atoms with E-state index >= 15 is 0 Å². The van der Waals surface area contributed by atoms with Crippen molar-refractivity contribution in [3.8, 4) is 11.1 Å². The second-order valence-electron chi connectivity index (χ2n) is 9.81. The number of rotatable bonds is 8. The lowest BCUT2D eigenvalue weighted by atomic mass is 10.0. The molecule has 5 rings (SSSR count). The van der Waals surface area contributed by atoms with Gasteiger partial charge in [-0.1, -0.05) is 41.9 Å². The number of likely N-dealkylation sites (tertiary alicyclic amines) is 1. The van der Waals surface area contributed by atoms with Crippen LogP contribution in [0.4, 0.5) is 19.4 Å². The number of fused-ring (bicyclic) bond motifs is 1. The predicted molar refractivity (Wildman–Crippen MR) is 151 cm³/mol. The topological polar surface area (TPSA) is 155 Å². The van der Waals surface area contributed by atoms with Crippen molar-refractivity contribution >= 4 is 46.4 Å². The molecule has 42 heavy (non-hydrogen) atoms. The first kappa shape index (κ1) is 28.7. The molecule has 2 aromatic heterocycles. The first-order chi connectivity index (χ1) is 20.1. The van der Waals surface area contributed by atoms with Crippen LogP contribution in [0.25, 0.3) is 22.2 Å². The maximum absolute atomic E-state index is 14.5. The summed E-state index contributed by atoms with van der Waals surface area (Å²) in [6.45, 7) is -0.639. The van der Waals surface area contributed by atoms with Crippen LogP contribution < -0.4 is 16.4 Å². The van der Waals surface area contributed by atoms with Crippen LogP contribution in [0.1, 0.15) is 17.5 Å². The molecule has 0 radical (unpaired) electrons. The van der Waals surface area contributed by atoms with Crippen molar-refractivity contribution < 1.29 is 28.3 Å². The highest BCUT2D eigenvalue weighted by Crippen LogP contribution is 2.33.